The molecule has 0 bridgehead atoms. The Morgan fingerprint density at radius 3 is 2.38 bits per heavy atom. The number of carbonyl (C=O) groups excluding carboxylic acids is 1. The van der Waals surface area contributed by atoms with Gasteiger partial charge >= 0.3 is 0 Å². The second-order valence-electron chi connectivity index (χ2n) is 3.67. The summed E-state index contributed by atoms with van der Waals surface area (Å²) < 4.78 is 2.04. The molecule has 1 amide bonds. The first-order valence-electron chi connectivity index (χ1n) is 5.22. The Hall–Kier alpha value is -2.03. The summed E-state index contributed by atoms with van der Waals surface area (Å²) >= 11 is 0. The molecule has 3 nitrogen and oxygen atoms in total. The number of rotatable bonds is 3. The molecule has 1 aromatic carbocycles. The molecule has 2 aromatic rings. The van der Waals surface area contributed by atoms with Crippen molar-refractivity contribution in [3.8, 4) is 5.69 Å². The number of hydrogen-bond acceptors (Lipinski definition) is 1. The minimum atomic E-state index is -0.00511. The van der Waals surface area contributed by atoms with Crippen molar-refractivity contribution in [2.45, 2.75) is 13.5 Å². The van der Waals surface area contributed by atoms with E-state index < -0.39 is 0 Å². The summed E-state index contributed by atoms with van der Waals surface area (Å²) in [7, 11) is 0. The van der Waals surface area contributed by atoms with E-state index in [1.54, 1.807) is 0 Å². The Morgan fingerprint density at radius 2 is 1.81 bits per heavy atom. The normalized spacial score (nSPS) is 10.1. The zero-order valence-electron chi connectivity index (χ0n) is 9.18. The van der Waals surface area contributed by atoms with Gasteiger partial charge in [0.05, 0.1) is 0 Å². The average Bonchev–Trinajstić information content (AvgIpc) is 2.80. The van der Waals surface area contributed by atoms with Crippen molar-refractivity contribution in [3.63, 3.8) is 0 Å². The van der Waals surface area contributed by atoms with E-state index in [-0.39, 0.29) is 5.91 Å². The summed E-state index contributed by atoms with van der Waals surface area (Å²) in [4.78, 5) is 10.8. The molecule has 0 fully saturated rings. The maximum absolute atomic E-state index is 10.8. The van der Waals surface area contributed by atoms with Gasteiger partial charge in [-0.25, -0.2) is 0 Å². The van der Waals surface area contributed by atoms with Crippen molar-refractivity contribution in [2.75, 3.05) is 0 Å². The van der Waals surface area contributed by atoms with Gasteiger partial charge in [0.25, 0.3) is 0 Å². The van der Waals surface area contributed by atoms with Crippen molar-refractivity contribution >= 4 is 5.91 Å². The zero-order valence-corrected chi connectivity index (χ0v) is 9.18. The van der Waals surface area contributed by atoms with Gasteiger partial charge in [-0.15, -0.1) is 0 Å². The van der Waals surface area contributed by atoms with Crippen LogP contribution in [0.1, 0.15) is 12.5 Å². The van der Waals surface area contributed by atoms with E-state index in [0.29, 0.717) is 6.54 Å². The molecule has 0 radical (unpaired) electrons. The van der Waals surface area contributed by atoms with Gasteiger partial charge in [0.2, 0.25) is 5.91 Å². The van der Waals surface area contributed by atoms with Gasteiger partial charge in [0.1, 0.15) is 0 Å². The van der Waals surface area contributed by atoms with Gasteiger partial charge in [-0.2, -0.15) is 0 Å². The minimum Gasteiger partial charge on any atom is -0.352 e. The lowest BCUT2D eigenvalue weighted by molar-refractivity contribution is -0.119. The molecule has 0 aliphatic heterocycles. The highest BCUT2D eigenvalue weighted by molar-refractivity contribution is 5.72. The summed E-state index contributed by atoms with van der Waals surface area (Å²) in [6.45, 7) is 2.11. The molecule has 0 aliphatic rings. The molecule has 0 aliphatic carbocycles. The fourth-order valence-corrected chi connectivity index (χ4v) is 1.52. The van der Waals surface area contributed by atoms with Crippen LogP contribution in [0.3, 0.4) is 0 Å². The monoisotopic (exact) mass is 214 g/mol. The molecule has 1 N–H and O–H groups in total. The van der Waals surface area contributed by atoms with Crippen molar-refractivity contribution in [3.05, 3.63) is 54.4 Å². The van der Waals surface area contributed by atoms with Crippen molar-refractivity contribution < 1.29 is 4.79 Å². The molecule has 0 unspecified atom stereocenters. The number of carbonyl (C=O) groups is 1. The second kappa shape index (κ2) is 4.66. The van der Waals surface area contributed by atoms with Crippen LogP contribution < -0.4 is 5.32 Å². The predicted molar refractivity (Wildman–Crippen MR) is 63.3 cm³/mol. The van der Waals surface area contributed by atoms with Gasteiger partial charge in [-0.1, -0.05) is 12.1 Å². The maximum Gasteiger partial charge on any atom is 0.217 e. The van der Waals surface area contributed by atoms with Crippen LogP contribution in [0.4, 0.5) is 0 Å². The SMILES string of the molecule is CC(=O)NCc1ccc(-n2cccc2)cc1. The first-order chi connectivity index (χ1) is 7.75. The highest BCUT2D eigenvalue weighted by Crippen LogP contribution is 2.09. The molecule has 2 rings (SSSR count). The van der Waals surface area contributed by atoms with E-state index in [0.717, 1.165) is 11.3 Å². The van der Waals surface area contributed by atoms with Gasteiger partial charge in [0.15, 0.2) is 0 Å². The molecule has 1 aromatic heterocycles. The van der Waals surface area contributed by atoms with Crippen molar-refractivity contribution in [1.29, 1.82) is 0 Å². The molecule has 16 heavy (non-hydrogen) atoms. The highest BCUT2D eigenvalue weighted by atomic mass is 16.1. The smallest absolute Gasteiger partial charge is 0.217 e. The molecular weight excluding hydrogens is 200 g/mol. The molecular formula is C13H14N2O. The Labute approximate surface area is 94.7 Å². The minimum absolute atomic E-state index is 0.00511. The van der Waals surface area contributed by atoms with E-state index in [1.165, 1.54) is 6.92 Å². The molecule has 3 heteroatoms. The number of hydrogen-bond donors (Lipinski definition) is 1. The number of nitrogens with zero attached hydrogens (tertiary/aromatic N) is 1. The van der Waals surface area contributed by atoms with Gasteiger partial charge < -0.3 is 9.88 Å². The van der Waals surface area contributed by atoms with Crippen LogP contribution >= 0.6 is 0 Å². The Bertz CT molecular complexity index is 457. The first kappa shape index (κ1) is 10.5. The topological polar surface area (TPSA) is 34.0 Å². The lowest BCUT2D eigenvalue weighted by atomic mass is 10.2. The summed E-state index contributed by atoms with van der Waals surface area (Å²) in [6, 6.07) is 12.1. The highest BCUT2D eigenvalue weighted by Gasteiger charge is 1.96. The third-order valence-corrected chi connectivity index (χ3v) is 2.38. The summed E-state index contributed by atoms with van der Waals surface area (Å²) in [5.74, 6) is -0.00511. The van der Waals surface area contributed by atoms with E-state index >= 15 is 0 Å². The van der Waals surface area contributed by atoms with Crippen LogP contribution in [0.2, 0.25) is 0 Å². The van der Waals surface area contributed by atoms with E-state index in [4.69, 9.17) is 0 Å². The maximum atomic E-state index is 10.8. The van der Waals surface area contributed by atoms with Crippen molar-refractivity contribution in [1.82, 2.24) is 9.88 Å². The van der Waals surface area contributed by atoms with Crippen LogP contribution in [0, 0.1) is 0 Å². The van der Waals surface area contributed by atoms with E-state index in [9.17, 15) is 4.79 Å². The summed E-state index contributed by atoms with van der Waals surface area (Å²) in [5.41, 5.74) is 2.22. The molecule has 82 valence electrons. The van der Waals surface area contributed by atoms with Gasteiger partial charge in [-0.3, -0.25) is 4.79 Å². The van der Waals surface area contributed by atoms with Gasteiger partial charge in [-0.05, 0) is 29.8 Å². The van der Waals surface area contributed by atoms with Crippen molar-refractivity contribution in [2.24, 2.45) is 0 Å². The summed E-state index contributed by atoms with van der Waals surface area (Å²) in [6.07, 6.45) is 4.01. The number of amides is 1. The van der Waals surface area contributed by atoms with E-state index in [1.807, 2.05) is 53.4 Å². The fraction of sp³-hybridized carbons (Fsp3) is 0.154. The Balaban J connectivity index is 2.08. The third-order valence-electron chi connectivity index (χ3n) is 2.38. The van der Waals surface area contributed by atoms with Crippen LogP contribution in [0.15, 0.2) is 48.8 Å². The predicted octanol–water partition coefficient (Wildman–Crippen LogP) is 2.11. The molecule has 0 saturated carbocycles. The number of nitrogens with one attached hydrogen (secondary N) is 1. The molecule has 0 spiro atoms. The quantitative estimate of drug-likeness (QED) is 0.834. The lowest BCUT2D eigenvalue weighted by Crippen LogP contribution is -2.18. The van der Waals surface area contributed by atoms with Gasteiger partial charge in [0, 0.05) is 31.5 Å². The molecule has 1 heterocycles. The van der Waals surface area contributed by atoms with Crippen LogP contribution in [-0.2, 0) is 11.3 Å². The Kier molecular flexibility index (Phi) is 3.05. The van der Waals surface area contributed by atoms with Crippen LogP contribution in [0.25, 0.3) is 5.69 Å². The largest absolute Gasteiger partial charge is 0.352 e. The standard InChI is InChI=1S/C13H14N2O/c1-11(16)14-10-12-4-6-13(7-5-12)15-8-2-3-9-15/h2-9H,10H2,1H3,(H,14,16). The first-order valence-corrected chi connectivity index (χ1v) is 5.22. The van der Waals surface area contributed by atoms with Crippen LogP contribution in [0.5, 0.6) is 0 Å². The second-order valence-corrected chi connectivity index (χ2v) is 3.67. The Morgan fingerprint density at radius 1 is 1.19 bits per heavy atom. The zero-order chi connectivity index (χ0) is 11.4. The number of benzene rings is 1. The van der Waals surface area contributed by atoms with Crippen LogP contribution in [-0.4, -0.2) is 10.5 Å². The fourth-order valence-electron chi connectivity index (χ4n) is 1.52. The van der Waals surface area contributed by atoms with E-state index in [2.05, 4.69) is 5.32 Å². The molecule has 0 atom stereocenters. The average molecular weight is 214 g/mol. The molecule has 0 saturated heterocycles. The lowest BCUT2D eigenvalue weighted by Gasteiger charge is -2.05. The summed E-state index contributed by atoms with van der Waals surface area (Å²) in [5, 5.41) is 2.77. The third kappa shape index (κ3) is 2.51. The number of aromatic nitrogens is 1.